The van der Waals surface area contributed by atoms with Gasteiger partial charge in [-0.25, -0.2) is 13.1 Å². The standard InChI is InChI=1S/C17H21N3O3S/c1-13-7-8-15(24(22,23)18-2)12-16(13)17(21)20(3)11-9-14-6-4-5-10-19-14/h4-8,10,12,18H,9,11H2,1-3H3. The van der Waals surface area contributed by atoms with Crippen LogP contribution in [0.25, 0.3) is 0 Å². The first kappa shape index (κ1) is 18.1. The van der Waals surface area contributed by atoms with Crippen molar-refractivity contribution in [3.8, 4) is 0 Å². The van der Waals surface area contributed by atoms with Gasteiger partial charge in [-0.05, 0) is 43.8 Å². The maximum Gasteiger partial charge on any atom is 0.253 e. The van der Waals surface area contributed by atoms with E-state index in [1.165, 1.54) is 19.2 Å². The minimum Gasteiger partial charge on any atom is -0.341 e. The van der Waals surface area contributed by atoms with Crippen molar-refractivity contribution in [1.82, 2.24) is 14.6 Å². The van der Waals surface area contributed by atoms with E-state index in [1.54, 1.807) is 31.1 Å². The number of benzene rings is 1. The third-order valence-corrected chi connectivity index (χ3v) is 5.21. The van der Waals surface area contributed by atoms with E-state index in [0.717, 1.165) is 11.3 Å². The number of hydrogen-bond donors (Lipinski definition) is 1. The second-order valence-corrected chi connectivity index (χ2v) is 7.37. The highest BCUT2D eigenvalue weighted by molar-refractivity contribution is 7.89. The van der Waals surface area contributed by atoms with Crippen LogP contribution in [0, 0.1) is 6.92 Å². The summed E-state index contributed by atoms with van der Waals surface area (Å²) in [6.07, 6.45) is 2.35. The zero-order chi connectivity index (χ0) is 17.7. The molecule has 0 aliphatic rings. The average molecular weight is 347 g/mol. The zero-order valence-electron chi connectivity index (χ0n) is 14.0. The summed E-state index contributed by atoms with van der Waals surface area (Å²) in [5.41, 5.74) is 2.02. The van der Waals surface area contributed by atoms with Crippen LogP contribution in [0.3, 0.4) is 0 Å². The van der Waals surface area contributed by atoms with E-state index in [-0.39, 0.29) is 10.8 Å². The van der Waals surface area contributed by atoms with E-state index in [4.69, 9.17) is 0 Å². The summed E-state index contributed by atoms with van der Waals surface area (Å²) in [7, 11) is -0.541. The van der Waals surface area contributed by atoms with Gasteiger partial charge in [-0.15, -0.1) is 0 Å². The fourth-order valence-corrected chi connectivity index (χ4v) is 3.01. The maximum atomic E-state index is 12.6. The predicted octanol–water partition coefficient (Wildman–Crippen LogP) is 1.61. The van der Waals surface area contributed by atoms with Crippen LogP contribution >= 0.6 is 0 Å². The van der Waals surface area contributed by atoms with E-state index in [1.807, 2.05) is 18.2 Å². The molecule has 1 heterocycles. The van der Waals surface area contributed by atoms with E-state index in [0.29, 0.717) is 18.5 Å². The van der Waals surface area contributed by atoms with Crippen molar-refractivity contribution in [2.45, 2.75) is 18.2 Å². The van der Waals surface area contributed by atoms with Crippen LogP contribution in [0.15, 0.2) is 47.5 Å². The molecule has 0 bridgehead atoms. The van der Waals surface area contributed by atoms with Gasteiger partial charge in [-0.1, -0.05) is 12.1 Å². The first-order valence-corrected chi connectivity index (χ1v) is 9.03. The van der Waals surface area contributed by atoms with Crippen LogP contribution in [0.1, 0.15) is 21.6 Å². The van der Waals surface area contributed by atoms with Crippen LogP contribution in [-0.2, 0) is 16.4 Å². The monoisotopic (exact) mass is 347 g/mol. The number of hydrogen-bond acceptors (Lipinski definition) is 4. The lowest BCUT2D eigenvalue weighted by Gasteiger charge is -2.18. The first-order valence-electron chi connectivity index (χ1n) is 7.54. The molecule has 0 spiro atoms. The van der Waals surface area contributed by atoms with Gasteiger partial charge in [0.05, 0.1) is 4.90 Å². The van der Waals surface area contributed by atoms with Gasteiger partial charge in [0.1, 0.15) is 0 Å². The van der Waals surface area contributed by atoms with Gasteiger partial charge >= 0.3 is 0 Å². The molecule has 0 unspecified atom stereocenters. The smallest absolute Gasteiger partial charge is 0.253 e. The van der Waals surface area contributed by atoms with E-state index < -0.39 is 10.0 Å². The molecule has 2 rings (SSSR count). The molecule has 7 heteroatoms. The number of nitrogens with one attached hydrogen (secondary N) is 1. The van der Waals surface area contributed by atoms with Crippen molar-refractivity contribution in [2.75, 3.05) is 20.6 Å². The molecule has 0 aliphatic heterocycles. The van der Waals surface area contributed by atoms with Crippen molar-refractivity contribution in [2.24, 2.45) is 0 Å². The molecule has 0 radical (unpaired) electrons. The van der Waals surface area contributed by atoms with Crippen molar-refractivity contribution in [3.63, 3.8) is 0 Å². The fourth-order valence-electron chi connectivity index (χ4n) is 2.25. The molecule has 2 aromatic rings. The Labute approximate surface area is 142 Å². The molecule has 0 atom stereocenters. The molecular formula is C17H21N3O3S. The number of aryl methyl sites for hydroxylation is 1. The summed E-state index contributed by atoms with van der Waals surface area (Å²) in [5.74, 6) is -0.211. The number of carbonyl (C=O) groups is 1. The van der Waals surface area contributed by atoms with Crippen LogP contribution in [0.2, 0.25) is 0 Å². The highest BCUT2D eigenvalue weighted by Gasteiger charge is 2.19. The Morgan fingerprint density at radius 1 is 1.25 bits per heavy atom. The summed E-state index contributed by atoms with van der Waals surface area (Å²) >= 11 is 0. The van der Waals surface area contributed by atoms with Gasteiger partial charge in [-0.2, -0.15) is 0 Å². The molecule has 6 nitrogen and oxygen atoms in total. The topological polar surface area (TPSA) is 79.4 Å². The van der Waals surface area contributed by atoms with Crippen molar-refractivity contribution in [1.29, 1.82) is 0 Å². The van der Waals surface area contributed by atoms with Gasteiger partial charge in [0.2, 0.25) is 10.0 Å². The summed E-state index contributed by atoms with van der Waals surface area (Å²) < 4.78 is 26.1. The Morgan fingerprint density at radius 2 is 2.00 bits per heavy atom. The molecule has 0 saturated heterocycles. The Bertz CT molecular complexity index is 820. The lowest BCUT2D eigenvalue weighted by Crippen LogP contribution is -2.30. The zero-order valence-corrected chi connectivity index (χ0v) is 14.8. The maximum absolute atomic E-state index is 12.6. The number of likely N-dealkylation sites (N-methyl/N-ethyl adjacent to an activating group) is 1. The van der Waals surface area contributed by atoms with Crippen molar-refractivity contribution < 1.29 is 13.2 Å². The number of nitrogens with zero attached hydrogens (tertiary/aromatic N) is 2. The minimum absolute atomic E-state index is 0.0806. The number of aromatic nitrogens is 1. The van der Waals surface area contributed by atoms with Crippen molar-refractivity contribution >= 4 is 15.9 Å². The summed E-state index contributed by atoms with van der Waals surface area (Å²) in [6, 6.07) is 10.2. The normalized spacial score (nSPS) is 11.3. The second kappa shape index (κ2) is 7.55. The molecule has 0 saturated carbocycles. The minimum atomic E-state index is -3.58. The number of carbonyl (C=O) groups excluding carboxylic acids is 1. The van der Waals surface area contributed by atoms with Gasteiger partial charge in [0.15, 0.2) is 0 Å². The van der Waals surface area contributed by atoms with Crippen LogP contribution in [0.4, 0.5) is 0 Å². The number of pyridine rings is 1. The molecule has 1 N–H and O–H groups in total. The fraction of sp³-hybridized carbons (Fsp3) is 0.294. The highest BCUT2D eigenvalue weighted by atomic mass is 32.2. The third kappa shape index (κ3) is 4.18. The second-order valence-electron chi connectivity index (χ2n) is 5.48. The SMILES string of the molecule is CNS(=O)(=O)c1ccc(C)c(C(=O)N(C)CCc2ccccn2)c1. The predicted molar refractivity (Wildman–Crippen MR) is 92.3 cm³/mol. The number of sulfonamides is 1. The van der Waals surface area contributed by atoms with E-state index in [2.05, 4.69) is 9.71 Å². The average Bonchev–Trinajstić information content (AvgIpc) is 2.60. The van der Waals surface area contributed by atoms with Gasteiger partial charge in [-0.3, -0.25) is 9.78 Å². The Hall–Kier alpha value is -2.25. The lowest BCUT2D eigenvalue weighted by atomic mass is 10.1. The van der Waals surface area contributed by atoms with Gasteiger partial charge < -0.3 is 4.90 Å². The van der Waals surface area contributed by atoms with Crippen LogP contribution in [0.5, 0.6) is 0 Å². The molecule has 24 heavy (non-hydrogen) atoms. The molecule has 0 aliphatic carbocycles. The van der Waals surface area contributed by atoms with Gasteiger partial charge in [0.25, 0.3) is 5.91 Å². The molecule has 1 aromatic carbocycles. The first-order chi connectivity index (χ1) is 11.3. The van der Waals surface area contributed by atoms with Crippen LogP contribution < -0.4 is 4.72 Å². The Kier molecular flexibility index (Phi) is 5.69. The summed E-state index contributed by atoms with van der Waals surface area (Å²) in [6.45, 7) is 2.29. The molecule has 1 aromatic heterocycles. The molecule has 1 amide bonds. The Balaban J connectivity index is 2.18. The summed E-state index contributed by atoms with van der Waals surface area (Å²) in [4.78, 5) is 18.5. The van der Waals surface area contributed by atoms with Crippen molar-refractivity contribution in [3.05, 3.63) is 59.4 Å². The quantitative estimate of drug-likeness (QED) is 0.861. The molecule has 128 valence electrons. The molecule has 0 fully saturated rings. The van der Waals surface area contributed by atoms with E-state index >= 15 is 0 Å². The number of amides is 1. The number of rotatable bonds is 6. The largest absolute Gasteiger partial charge is 0.341 e. The van der Waals surface area contributed by atoms with E-state index in [9.17, 15) is 13.2 Å². The third-order valence-electron chi connectivity index (χ3n) is 3.79. The van der Waals surface area contributed by atoms with Crippen LogP contribution in [-0.4, -0.2) is 44.8 Å². The Morgan fingerprint density at radius 3 is 2.62 bits per heavy atom. The molecular weight excluding hydrogens is 326 g/mol. The van der Waals surface area contributed by atoms with Gasteiger partial charge in [0, 0.05) is 37.5 Å². The lowest BCUT2D eigenvalue weighted by molar-refractivity contribution is 0.0795. The highest BCUT2D eigenvalue weighted by Crippen LogP contribution is 2.17. The summed E-state index contributed by atoms with van der Waals surface area (Å²) in [5, 5.41) is 0.